The van der Waals surface area contributed by atoms with Crippen LogP contribution in [0.15, 0.2) is 6.07 Å². The second kappa shape index (κ2) is 7.26. The van der Waals surface area contributed by atoms with Crippen molar-refractivity contribution in [1.29, 1.82) is 0 Å². The molecule has 0 radical (unpaired) electrons. The van der Waals surface area contributed by atoms with E-state index in [2.05, 4.69) is 11.4 Å². The van der Waals surface area contributed by atoms with Gasteiger partial charge < -0.3 is 10.2 Å². The van der Waals surface area contributed by atoms with Gasteiger partial charge in [0.25, 0.3) is 0 Å². The fraction of sp³-hybridized carbons (Fsp3) is 0.556. The third-order valence-corrected chi connectivity index (χ3v) is 6.30. The Morgan fingerprint density at radius 1 is 1.08 bits per heavy atom. The summed E-state index contributed by atoms with van der Waals surface area (Å²) in [5.41, 5.74) is 5.53. The van der Waals surface area contributed by atoms with Crippen LogP contribution in [-0.4, -0.2) is 44.6 Å². The molecule has 8 heteroatoms. The van der Waals surface area contributed by atoms with Crippen molar-refractivity contribution in [3.63, 3.8) is 0 Å². The fourth-order valence-corrected chi connectivity index (χ4v) is 4.68. The predicted molar refractivity (Wildman–Crippen MR) is 99.7 cm³/mol. The number of nitrogens with zero attached hydrogens (tertiary/aromatic N) is 1. The summed E-state index contributed by atoms with van der Waals surface area (Å²) < 4.78 is 26.2. The largest absolute Gasteiger partial charge is 0.345 e. The van der Waals surface area contributed by atoms with E-state index in [1.54, 1.807) is 6.92 Å². The molecular formula is C18H25N3O4S. The topological polar surface area (TPSA) is 95.6 Å². The van der Waals surface area contributed by atoms with E-state index in [0.717, 1.165) is 55.3 Å². The van der Waals surface area contributed by atoms with E-state index in [4.69, 9.17) is 0 Å². The van der Waals surface area contributed by atoms with Gasteiger partial charge in [0.15, 0.2) is 0 Å². The SMILES string of the molecule is CCN(C)C(=O)CS(=O)(=O)NC(=O)Nc1c2c(cc3c1CCC3)CCC2. The first-order valence-corrected chi connectivity index (χ1v) is 10.7. The number of urea groups is 1. The molecule has 0 saturated carbocycles. The molecule has 0 bridgehead atoms. The van der Waals surface area contributed by atoms with Crippen LogP contribution >= 0.6 is 0 Å². The van der Waals surface area contributed by atoms with Crippen molar-refractivity contribution >= 4 is 27.6 Å². The molecule has 0 saturated heterocycles. The Kier molecular flexibility index (Phi) is 5.22. The van der Waals surface area contributed by atoms with Gasteiger partial charge in [-0.3, -0.25) is 4.79 Å². The van der Waals surface area contributed by atoms with Gasteiger partial charge in [-0.2, -0.15) is 0 Å². The Hall–Kier alpha value is -2.09. The van der Waals surface area contributed by atoms with Gasteiger partial charge in [-0.05, 0) is 67.7 Å². The van der Waals surface area contributed by atoms with Gasteiger partial charge in [-0.1, -0.05) is 6.07 Å². The summed E-state index contributed by atoms with van der Waals surface area (Å²) in [5, 5.41) is 2.76. The molecule has 26 heavy (non-hydrogen) atoms. The van der Waals surface area contributed by atoms with Crippen LogP contribution in [0.2, 0.25) is 0 Å². The van der Waals surface area contributed by atoms with Crippen LogP contribution in [0.3, 0.4) is 0 Å². The molecule has 0 unspecified atom stereocenters. The van der Waals surface area contributed by atoms with E-state index in [-0.39, 0.29) is 0 Å². The summed E-state index contributed by atoms with van der Waals surface area (Å²) in [6.07, 6.45) is 5.87. The summed E-state index contributed by atoms with van der Waals surface area (Å²) >= 11 is 0. The lowest BCUT2D eigenvalue weighted by Gasteiger charge is -2.17. The lowest BCUT2D eigenvalue weighted by atomic mass is 9.99. The standard InChI is InChI=1S/C18H25N3O4S/c1-3-21(2)16(22)11-26(24,25)20-18(23)19-17-14-8-4-6-12(14)10-13-7-5-9-15(13)17/h10H,3-9,11H2,1-2H3,(H2,19,20,23). The fourth-order valence-electron chi connectivity index (χ4n) is 3.73. The highest BCUT2D eigenvalue weighted by atomic mass is 32.2. The molecule has 2 aliphatic carbocycles. The number of fused-ring (bicyclic) bond motifs is 2. The van der Waals surface area contributed by atoms with Crippen molar-refractivity contribution in [1.82, 2.24) is 9.62 Å². The first-order valence-electron chi connectivity index (χ1n) is 9.02. The molecule has 0 spiro atoms. The zero-order chi connectivity index (χ0) is 18.9. The van der Waals surface area contributed by atoms with Gasteiger partial charge in [0, 0.05) is 19.3 Å². The summed E-state index contributed by atoms with van der Waals surface area (Å²) in [5.74, 6) is -1.29. The van der Waals surface area contributed by atoms with Crippen molar-refractivity contribution in [2.45, 2.75) is 45.4 Å². The van der Waals surface area contributed by atoms with Gasteiger partial charge in [-0.15, -0.1) is 0 Å². The molecule has 0 aliphatic heterocycles. The van der Waals surface area contributed by atoms with Crippen LogP contribution in [0.1, 0.15) is 42.0 Å². The maximum absolute atomic E-state index is 12.3. The van der Waals surface area contributed by atoms with Crippen molar-refractivity contribution in [3.8, 4) is 0 Å². The number of carbonyl (C=O) groups is 2. The molecule has 2 N–H and O–H groups in total. The number of anilines is 1. The molecule has 1 aromatic carbocycles. The second-order valence-corrected chi connectivity index (χ2v) is 8.68. The summed E-state index contributed by atoms with van der Waals surface area (Å²) in [7, 11) is -2.51. The number of benzene rings is 1. The van der Waals surface area contributed by atoms with Gasteiger partial charge in [0.1, 0.15) is 5.75 Å². The monoisotopic (exact) mass is 379 g/mol. The maximum atomic E-state index is 12.3. The van der Waals surface area contributed by atoms with Gasteiger partial charge in [0.2, 0.25) is 15.9 Å². The van der Waals surface area contributed by atoms with Gasteiger partial charge in [-0.25, -0.2) is 17.9 Å². The normalized spacial score (nSPS) is 15.3. The quantitative estimate of drug-likeness (QED) is 0.812. The van der Waals surface area contributed by atoms with Crippen LogP contribution in [0, 0.1) is 0 Å². The number of amides is 3. The van der Waals surface area contributed by atoms with Crippen molar-refractivity contribution < 1.29 is 18.0 Å². The zero-order valence-electron chi connectivity index (χ0n) is 15.2. The molecule has 3 rings (SSSR count). The Morgan fingerprint density at radius 2 is 1.65 bits per heavy atom. The molecule has 2 aliphatic rings. The summed E-state index contributed by atoms with van der Waals surface area (Å²) in [6.45, 7) is 2.16. The highest BCUT2D eigenvalue weighted by Gasteiger charge is 2.26. The third-order valence-electron chi connectivity index (χ3n) is 5.17. The highest BCUT2D eigenvalue weighted by molar-refractivity contribution is 7.90. The number of rotatable bonds is 5. The highest BCUT2D eigenvalue weighted by Crippen LogP contribution is 2.38. The molecule has 7 nitrogen and oxygen atoms in total. The second-order valence-electron chi connectivity index (χ2n) is 6.96. The Bertz CT molecular complexity index is 816. The smallest absolute Gasteiger partial charge is 0.332 e. The van der Waals surface area contributed by atoms with Crippen LogP contribution < -0.4 is 10.0 Å². The molecular weight excluding hydrogens is 354 g/mol. The van der Waals surface area contributed by atoms with Gasteiger partial charge in [0.05, 0.1) is 0 Å². The van der Waals surface area contributed by atoms with Crippen molar-refractivity contribution in [2.24, 2.45) is 0 Å². The van der Waals surface area contributed by atoms with Crippen LogP contribution in [-0.2, 0) is 40.5 Å². The number of carbonyl (C=O) groups excluding carboxylic acids is 2. The number of hydrogen-bond donors (Lipinski definition) is 2. The lowest BCUT2D eigenvalue weighted by molar-refractivity contribution is -0.126. The van der Waals surface area contributed by atoms with Crippen molar-refractivity contribution in [2.75, 3.05) is 24.7 Å². The van der Waals surface area contributed by atoms with Crippen LogP contribution in [0.5, 0.6) is 0 Å². The first kappa shape index (κ1) is 18.7. The van der Waals surface area contributed by atoms with E-state index < -0.39 is 27.7 Å². The van der Waals surface area contributed by atoms with E-state index in [1.165, 1.54) is 23.1 Å². The average molecular weight is 379 g/mol. The maximum Gasteiger partial charge on any atom is 0.332 e. The molecule has 0 heterocycles. The van der Waals surface area contributed by atoms with Crippen LogP contribution in [0.4, 0.5) is 10.5 Å². The number of sulfonamides is 1. The third kappa shape index (κ3) is 3.85. The predicted octanol–water partition coefficient (Wildman–Crippen LogP) is 1.59. The Labute approximate surface area is 154 Å². The number of nitrogens with one attached hydrogen (secondary N) is 2. The van der Waals surface area contributed by atoms with Crippen LogP contribution in [0.25, 0.3) is 0 Å². The zero-order valence-corrected chi connectivity index (χ0v) is 16.0. The molecule has 1 aromatic rings. The van der Waals surface area contributed by atoms with E-state index in [0.29, 0.717) is 6.54 Å². The first-order chi connectivity index (χ1) is 12.3. The minimum atomic E-state index is -4.04. The number of hydrogen-bond acceptors (Lipinski definition) is 4. The minimum Gasteiger partial charge on any atom is -0.345 e. The Morgan fingerprint density at radius 3 is 2.19 bits per heavy atom. The lowest BCUT2D eigenvalue weighted by Crippen LogP contribution is -2.41. The minimum absolute atomic E-state index is 0.406. The van der Waals surface area contributed by atoms with E-state index >= 15 is 0 Å². The van der Waals surface area contributed by atoms with E-state index in [1.807, 2.05) is 4.72 Å². The molecule has 0 fully saturated rings. The Balaban J connectivity index is 1.74. The molecule has 142 valence electrons. The molecule has 0 aromatic heterocycles. The van der Waals surface area contributed by atoms with Gasteiger partial charge >= 0.3 is 6.03 Å². The van der Waals surface area contributed by atoms with Crippen molar-refractivity contribution in [3.05, 3.63) is 28.3 Å². The summed E-state index contributed by atoms with van der Waals surface area (Å²) in [6, 6.07) is 1.44. The number of aryl methyl sites for hydroxylation is 2. The molecule has 0 atom stereocenters. The van der Waals surface area contributed by atoms with E-state index in [9.17, 15) is 18.0 Å². The summed E-state index contributed by atoms with van der Waals surface area (Å²) in [4.78, 5) is 25.4. The average Bonchev–Trinajstić information content (AvgIpc) is 3.21. The molecule has 3 amide bonds.